The molecule has 1 aliphatic heterocycles. The number of hydrogen-bond acceptors (Lipinski definition) is 3. The second-order valence-electron chi connectivity index (χ2n) is 5.47. The normalized spacial score (nSPS) is 20.4. The quantitative estimate of drug-likeness (QED) is 0.876. The largest absolute Gasteiger partial charge is 0.329 e. The molecule has 2 aromatic heterocycles. The van der Waals surface area contributed by atoms with E-state index in [4.69, 9.17) is 12.2 Å². The van der Waals surface area contributed by atoms with Gasteiger partial charge in [-0.05, 0) is 56.2 Å². The van der Waals surface area contributed by atoms with Gasteiger partial charge in [0.1, 0.15) is 0 Å². The molecule has 1 fully saturated rings. The summed E-state index contributed by atoms with van der Waals surface area (Å²) in [5, 5.41) is 0. The Morgan fingerprint density at radius 1 is 1.53 bits per heavy atom. The summed E-state index contributed by atoms with van der Waals surface area (Å²) in [5.41, 5.74) is 3.20. The first-order valence-electron chi connectivity index (χ1n) is 6.95. The van der Waals surface area contributed by atoms with E-state index in [2.05, 4.69) is 39.3 Å². The molecule has 3 heterocycles. The number of likely N-dealkylation sites (tertiary alicyclic amines) is 1. The lowest BCUT2D eigenvalue weighted by molar-refractivity contribution is 0.333. The third kappa shape index (κ3) is 2.44. The predicted octanol–water partition coefficient (Wildman–Crippen LogP) is 2.74. The molecule has 0 saturated carbocycles. The standard InChI is InChI=1S/C14H20N4S/c1-3-17-5-4-11(8-17)9-18-13-12(16-14(18)19)6-10(2)7-15-13/h6-7,11H,3-5,8-9H2,1-2H3,(H,16,19). The van der Waals surface area contributed by atoms with E-state index in [1.807, 2.05) is 6.20 Å². The van der Waals surface area contributed by atoms with Gasteiger partial charge in [-0.25, -0.2) is 4.98 Å². The summed E-state index contributed by atoms with van der Waals surface area (Å²) < 4.78 is 2.96. The molecule has 0 aromatic carbocycles. The highest BCUT2D eigenvalue weighted by Gasteiger charge is 2.22. The van der Waals surface area contributed by atoms with Crippen molar-refractivity contribution in [3.8, 4) is 0 Å². The van der Waals surface area contributed by atoms with Gasteiger partial charge in [-0.15, -0.1) is 0 Å². The Morgan fingerprint density at radius 2 is 2.37 bits per heavy atom. The summed E-state index contributed by atoms with van der Waals surface area (Å²) in [6.45, 7) is 8.79. The number of imidazole rings is 1. The molecule has 3 rings (SSSR count). The molecule has 1 unspecified atom stereocenters. The van der Waals surface area contributed by atoms with Crippen LogP contribution in [0.3, 0.4) is 0 Å². The van der Waals surface area contributed by atoms with Gasteiger partial charge < -0.3 is 14.5 Å². The number of nitrogens with zero attached hydrogens (tertiary/aromatic N) is 3. The van der Waals surface area contributed by atoms with Crippen LogP contribution >= 0.6 is 12.2 Å². The van der Waals surface area contributed by atoms with E-state index >= 15 is 0 Å². The molecule has 0 aliphatic carbocycles. The summed E-state index contributed by atoms with van der Waals surface area (Å²) in [5.74, 6) is 0.689. The van der Waals surface area contributed by atoms with Crippen molar-refractivity contribution in [1.82, 2.24) is 19.4 Å². The third-order valence-corrected chi connectivity index (χ3v) is 4.33. The van der Waals surface area contributed by atoms with Crippen LogP contribution in [0.2, 0.25) is 0 Å². The summed E-state index contributed by atoms with van der Waals surface area (Å²) in [6, 6.07) is 2.11. The van der Waals surface area contributed by atoms with Crippen molar-refractivity contribution in [2.75, 3.05) is 19.6 Å². The zero-order valence-corrected chi connectivity index (χ0v) is 12.3. The van der Waals surface area contributed by atoms with Crippen molar-refractivity contribution in [1.29, 1.82) is 0 Å². The first-order chi connectivity index (χ1) is 9.17. The number of pyridine rings is 1. The van der Waals surface area contributed by atoms with Gasteiger partial charge in [0, 0.05) is 19.3 Å². The molecule has 1 atom stereocenters. The number of aromatic amines is 1. The van der Waals surface area contributed by atoms with Crippen LogP contribution in [-0.2, 0) is 6.54 Å². The minimum atomic E-state index is 0.689. The molecular weight excluding hydrogens is 256 g/mol. The van der Waals surface area contributed by atoms with E-state index in [0.717, 1.165) is 34.6 Å². The number of fused-ring (bicyclic) bond motifs is 1. The molecular formula is C14H20N4S. The fourth-order valence-corrected chi connectivity index (χ4v) is 3.20. The molecule has 0 bridgehead atoms. The number of aryl methyl sites for hydroxylation is 1. The molecule has 5 heteroatoms. The maximum absolute atomic E-state index is 5.44. The van der Waals surface area contributed by atoms with Gasteiger partial charge >= 0.3 is 0 Å². The van der Waals surface area contributed by atoms with E-state index in [1.165, 1.54) is 19.5 Å². The van der Waals surface area contributed by atoms with E-state index < -0.39 is 0 Å². The third-order valence-electron chi connectivity index (χ3n) is 4.00. The average Bonchev–Trinajstić information content (AvgIpc) is 2.95. The van der Waals surface area contributed by atoms with E-state index in [9.17, 15) is 0 Å². The van der Waals surface area contributed by atoms with Crippen LogP contribution in [0.25, 0.3) is 11.2 Å². The highest BCUT2D eigenvalue weighted by Crippen LogP contribution is 2.21. The predicted molar refractivity (Wildman–Crippen MR) is 79.9 cm³/mol. The molecule has 102 valence electrons. The SMILES string of the molecule is CCN1CCC(Cn2c(=S)[nH]c3cc(C)cnc32)C1. The lowest BCUT2D eigenvalue weighted by Gasteiger charge is -2.13. The molecule has 0 spiro atoms. The van der Waals surface area contributed by atoms with Gasteiger partial charge in [0.05, 0.1) is 5.52 Å². The zero-order chi connectivity index (χ0) is 13.4. The highest BCUT2D eigenvalue weighted by molar-refractivity contribution is 7.71. The lowest BCUT2D eigenvalue weighted by atomic mass is 10.1. The summed E-state index contributed by atoms with van der Waals surface area (Å²) in [6.07, 6.45) is 3.17. The van der Waals surface area contributed by atoms with Crippen molar-refractivity contribution in [3.05, 3.63) is 22.6 Å². The van der Waals surface area contributed by atoms with Gasteiger partial charge in [-0.3, -0.25) is 0 Å². The average molecular weight is 276 g/mol. The second kappa shape index (κ2) is 5.06. The minimum absolute atomic E-state index is 0.689. The van der Waals surface area contributed by atoms with Crippen LogP contribution in [0.4, 0.5) is 0 Å². The van der Waals surface area contributed by atoms with Crippen molar-refractivity contribution in [3.63, 3.8) is 0 Å². The Morgan fingerprint density at radius 3 is 3.11 bits per heavy atom. The number of nitrogens with one attached hydrogen (secondary N) is 1. The number of aromatic nitrogens is 3. The topological polar surface area (TPSA) is 36.9 Å². The Balaban J connectivity index is 1.89. The Bertz CT molecular complexity index is 642. The fraction of sp³-hybridized carbons (Fsp3) is 0.571. The summed E-state index contributed by atoms with van der Waals surface area (Å²) in [7, 11) is 0. The maximum atomic E-state index is 5.44. The smallest absolute Gasteiger partial charge is 0.179 e. The van der Waals surface area contributed by atoms with E-state index in [-0.39, 0.29) is 0 Å². The number of H-pyrrole nitrogens is 1. The molecule has 1 N–H and O–H groups in total. The molecule has 0 amide bonds. The van der Waals surface area contributed by atoms with Crippen LogP contribution in [0.15, 0.2) is 12.3 Å². The van der Waals surface area contributed by atoms with Gasteiger partial charge in [0.15, 0.2) is 10.4 Å². The van der Waals surface area contributed by atoms with E-state index in [1.54, 1.807) is 0 Å². The highest BCUT2D eigenvalue weighted by atomic mass is 32.1. The lowest BCUT2D eigenvalue weighted by Crippen LogP contribution is -2.21. The molecule has 19 heavy (non-hydrogen) atoms. The first kappa shape index (κ1) is 12.8. The van der Waals surface area contributed by atoms with E-state index in [0.29, 0.717) is 5.92 Å². The summed E-state index contributed by atoms with van der Waals surface area (Å²) in [4.78, 5) is 10.3. The molecule has 1 saturated heterocycles. The second-order valence-corrected chi connectivity index (χ2v) is 5.86. The van der Waals surface area contributed by atoms with Crippen molar-refractivity contribution >= 4 is 23.4 Å². The Labute approximate surface area is 118 Å². The summed E-state index contributed by atoms with van der Waals surface area (Å²) >= 11 is 5.44. The van der Waals surface area contributed by atoms with Crippen molar-refractivity contribution < 1.29 is 0 Å². The van der Waals surface area contributed by atoms with Crippen molar-refractivity contribution in [2.24, 2.45) is 5.92 Å². The zero-order valence-electron chi connectivity index (χ0n) is 11.5. The number of hydrogen-bond donors (Lipinski definition) is 1. The Hall–Kier alpha value is -1.20. The van der Waals surface area contributed by atoms with Crippen molar-refractivity contribution in [2.45, 2.75) is 26.8 Å². The van der Waals surface area contributed by atoms with Crippen LogP contribution in [-0.4, -0.2) is 39.1 Å². The van der Waals surface area contributed by atoms with Crippen LogP contribution in [0.5, 0.6) is 0 Å². The van der Waals surface area contributed by atoms with Gasteiger partial charge in [-0.2, -0.15) is 0 Å². The minimum Gasteiger partial charge on any atom is -0.329 e. The van der Waals surface area contributed by atoms with Gasteiger partial charge in [0.2, 0.25) is 0 Å². The van der Waals surface area contributed by atoms with Crippen LogP contribution < -0.4 is 0 Å². The van der Waals surface area contributed by atoms with Gasteiger partial charge in [-0.1, -0.05) is 6.92 Å². The monoisotopic (exact) mass is 276 g/mol. The first-order valence-corrected chi connectivity index (χ1v) is 7.35. The van der Waals surface area contributed by atoms with Gasteiger partial charge in [0.25, 0.3) is 0 Å². The molecule has 4 nitrogen and oxygen atoms in total. The maximum Gasteiger partial charge on any atom is 0.179 e. The fourth-order valence-electron chi connectivity index (χ4n) is 2.92. The number of rotatable bonds is 3. The molecule has 1 aliphatic rings. The molecule has 0 radical (unpaired) electrons. The molecule has 2 aromatic rings. The van der Waals surface area contributed by atoms with Crippen LogP contribution in [0, 0.1) is 17.6 Å². The van der Waals surface area contributed by atoms with Crippen LogP contribution in [0.1, 0.15) is 18.9 Å². The Kier molecular flexibility index (Phi) is 3.41.